The number of carbonyl (C=O) groups excluding carboxylic acids is 1. The van der Waals surface area contributed by atoms with Crippen molar-refractivity contribution in [3.63, 3.8) is 0 Å². The van der Waals surface area contributed by atoms with Crippen LogP contribution in [0.2, 0.25) is 0 Å². The molecule has 0 saturated carbocycles. The average molecular weight is 442 g/mol. The molecule has 0 bridgehead atoms. The molecule has 1 aromatic heterocycles. The zero-order chi connectivity index (χ0) is 23.3. The van der Waals surface area contributed by atoms with Gasteiger partial charge in [0.15, 0.2) is 5.43 Å². The van der Waals surface area contributed by atoms with E-state index in [4.69, 9.17) is 4.42 Å². The van der Waals surface area contributed by atoms with E-state index in [0.29, 0.717) is 6.54 Å². The summed E-state index contributed by atoms with van der Waals surface area (Å²) >= 11 is 0. The summed E-state index contributed by atoms with van der Waals surface area (Å²) in [7, 11) is 0. The number of nitrogens with zero attached hydrogens (tertiary/aromatic N) is 1. The van der Waals surface area contributed by atoms with Crippen LogP contribution < -0.4 is 5.43 Å². The third kappa shape index (κ3) is 3.63. The van der Waals surface area contributed by atoms with Gasteiger partial charge >= 0.3 is 0 Å². The summed E-state index contributed by atoms with van der Waals surface area (Å²) in [5, 5.41) is 0.138. The van der Waals surface area contributed by atoms with Gasteiger partial charge in [0.1, 0.15) is 11.4 Å². The molecular formula is C28H24FNO3. The van der Waals surface area contributed by atoms with E-state index in [1.165, 1.54) is 18.2 Å². The van der Waals surface area contributed by atoms with Gasteiger partial charge in [-0.25, -0.2) is 4.39 Å². The number of fused-ring (bicyclic) bond motifs is 2. The van der Waals surface area contributed by atoms with Crippen LogP contribution in [0.3, 0.4) is 0 Å². The lowest BCUT2D eigenvalue weighted by Crippen LogP contribution is -2.29. The first-order chi connectivity index (χ1) is 15.7. The van der Waals surface area contributed by atoms with Crippen LogP contribution in [-0.2, 0) is 12.0 Å². The van der Waals surface area contributed by atoms with E-state index < -0.39 is 11.9 Å². The molecule has 1 unspecified atom stereocenters. The van der Waals surface area contributed by atoms with Crippen LogP contribution in [0.15, 0.2) is 82.0 Å². The zero-order valence-electron chi connectivity index (χ0n) is 18.8. The van der Waals surface area contributed by atoms with Gasteiger partial charge in [-0.3, -0.25) is 9.59 Å². The van der Waals surface area contributed by atoms with Gasteiger partial charge in [-0.2, -0.15) is 0 Å². The number of benzene rings is 3. The highest BCUT2D eigenvalue weighted by Gasteiger charge is 2.42. The number of carbonyl (C=O) groups is 1. The fourth-order valence-electron chi connectivity index (χ4n) is 4.45. The minimum atomic E-state index is -0.620. The van der Waals surface area contributed by atoms with Crippen molar-refractivity contribution in [1.29, 1.82) is 0 Å². The molecule has 5 rings (SSSR count). The quantitative estimate of drug-likeness (QED) is 0.393. The maximum Gasteiger partial charge on any atom is 0.291 e. The molecule has 0 fully saturated rings. The first-order valence-electron chi connectivity index (χ1n) is 11.0. The predicted molar refractivity (Wildman–Crippen MR) is 126 cm³/mol. The van der Waals surface area contributed by atoms with Crippen LogP contribution in [0.1, 0.15) is 59.6 Å². The highest BCUT2D eigenvalue weighted by molar-refractivity contribution is 5.99. The normalized spacial score (nSPS) is 15.8. The summed E-state index contributed by atoms with van der Waals surface area (Å²) in [5.41, 5.74) is 2.97. The number of rotatable bonds is 3. The molecule has 0 radical (unpaired) electrons. The zero-order valence-corrected chi connectivity index (χ0v) is 18.8. The first kappa shape index (κ1) is 21.1. The Morgan fingerprint density at radius 2 is 1.64 bits per heavy atom. The van der Waals surface area contributed by atoms with Gasteiger partial charge in [-0.15, -0.1) is 0 Å². The van der Waals surface area contributed by atoms with Crippen molar-refractivity contribution in [2.45, 2.75) is 38.8 Å². The third-order valence-corrected chi connectivity index (χ3v) is 6.22. The summed E-state index contributed by atoms with van der Waals surface area (Å²) in [6, 6.07) is 20.8. The molecule has 0 saturated heterocycles. The lowest BCUT2D eigenvalue weighted by atomic mass is 9.86. The van der Waals surface area contributed by atoms with Crippen molar-refractivity contribution in [3.8, 4) is 0 Å². The lowest BCUT2D eigenvalue weighted by molar-refractivity contribution is 0.0714. The van der Waals surface area contributed by atoms with Crippen molar-refractivity contribution < 1.29 is 13.6 Å². The van der Waals surface area contributed by atoms with Crippen LogP contribution in [-0.4, -0.2) is 10.8 Å². The number of halogens is 1. The van der Waals surface area contributed by atoms with Gasteiger partial charge in [0.25, 0.3) is 5.91 Å². The topological polar surface area (TPSA) is 50.5 Å². The van der Waals surface area contributed by atoms with E-state index in [2.05, 4.69) is 20.8 Å². The van der Waals surface area contributed by atoms with E-state index >= 15 is 0 Å². The van der Waals surface area contributed by atoms with E-state index in [-0.39, 0.29) is 39.0 Å². The molecular weight excluding hydrogens is 417 g/mol. The molecule has 1 aliphatic heterocycles. The Bertz CT molecular complexity index is 1420. The van der Waals surface area contributed by atoms with Crippen molar-refractivity contribution in [2.24, 2.45) is 0 Å². The minimum Gasteiger partial charge on any atom is -0.450 e. The average Bonchev–Trinajstić information content (AvgIpc) is 3.06. The molecule has 1 aliphatic rings. The molecule has 1 amide bonds. The molecule has 4 aromatic rings. The molecule has 1 atom stereocenters. The number of hydrogen-bond acceptors (Lipinski definition) is 3. The van der Waals surface area contributed by atoms with Crippen LogP contribution in [0.5, 0.6) is 0 Å². The molecule has 0 N–H and O–H groups in total. The lowest BCUT2D eigenvalue weighted by Gasteiger charge is -2.26. The van der Waals surface area contributed by atoms with E-state index in [1.807, 2.05) is 54.6 Å². The summed E-state index contributed by atoms with van der Waals surface area (Å²) in [6.45, 7) is 6.72. The Hall–Kier alpha value is -3.73. The van der Waals surface area contributed by atoms with Gasteiger partial charge in [-0.1, -0.05) is 75.4 Å². The Balaban J connectivity index is 1.71. The Morgan fingerprint density at radius 1 is 0.939 bits per heavy atom. The van der Waals surface area contributed by atoms with Crippen LogP contribution in [0, 0.1) is 5.82 Å². The van der Waals surface area contributed by atoms with E-state index in [1.54, 1.807) is 4.90 Å². The Labute approximate surface area is 191 Å². The third-order valence-electron chi connectivity index (χ3n) is 6.22. The molecule has 0 aliphatic carbocycles. The smallest absolute Gasteiger partial charge is 0.291 e. The highest BCUT2D eigenvalue weighted by atomic mass is 19.1. The predicted octanol–water partition coefficient (Wildman–Crippen LogP) is 5.98. The fraction of sp³-hybridized carbons (Fsp3) is 0.214. The number of hydrogen-bond donors (Lipinski definition) is 0. The second-order valence-electron chi connectivity index (χ2n) is 9.51. The summed E-state index contributed by atoms with van der Waals surface area (Å²) in [5.74, 6) is -0.840. The second-order valence-corrected chi connectivity index (χ2v) is 9.51. The maximum absolute atomic E-state index is 13.9. The molecule has 33 heavy (non-hydrogen) atoms. The van der Waals surface area contributed by atoms with Crippen LogP contribution >= 0.6 is 0 Å². The highest BCUT2D eigenvalue weighted by Crippen LogP contribution is 2.39. The van der Waals surface area contributed by atoms with Crippen LogP contribution in [0.4, 0.5) is 4.39 Å². The van der Waals surface area contributed by atoms with Gasteiger partial charge < -0.3 is 9.32 Å². The maximum atomic E-state index is 13.9. The first-order valence-corrected chi connectivity index (χ1v) is 11.0. The van der Waals surface area contributed by atoms with Crippen molar-refractivity contribution in [3.05, 3.63) is 117 Å². The van der Waals surface area contributed by atoms with Gasteiger partial charge in [0.2, 0.25) is 5.76 Å². The van der Waals surface area contributed by atoms with Crippen molar-refractivity contribution >= 4 is 16.9 Å². The van der Waals surface area contributed by atoms with Gasteiger partial charge in [0, 0.05) is 6.54 Å². The van der Waals surface area contributed by atoms with Gasteiger partial charge in [-0.05, 0) is 40.3 Å². The molecule has 3 aromatic carbocycles. The van der Waals surface area contributed by atoms with E-state index in [0.717, 1.165) is 16.7 Å². The molecule has 2 heterocycles. The largest absolute Gasteiger partial charge is 0.450 e. The Morgan fingerprint density at radius 3 is 2.30 bits per heavy atom. The fourth-order valence-corrected chi connectivity index (χ4v) is 4.45. The van der Waals surface area contributed by atoms with Gasteiger partial charge in [0.05, 0.1) is 17.0 Å². The van der Waals surface area contributed by atoms with Crippen LogP contribution in [0.25, 0.3) is 11.0 Å². The SMILES string of the molecule is CC(C)(C)c1ccc(C2c3c(oc4ccc(F)cc4c3=O)C(=O)N2Cc2ccccc2)cc1. The Kier molecular flexibility index (Phi) is 4.93. The van der Waals surface area contributed by atoms with E-state index in [9.17, 15) is 14.0 Å². The van der Waals surface area contributed by atoms with Crippen molar-refractivity contribution in [1.82, 2.24) is 4.90 Å². The summed E-state index contributed by atoms with van der Waals surface area (Å²) in [6.07, 6.45) is 0. The summed E-state index contributed by atoms with van der Waals surface area (Å²) in [4.78, 5) is 28.7. The van der Waals surface area contributed by atoms with Crippen molar-refractivity contribution in [2.75, 3.05) is 0 Å². The monoisotopic (exact) mass is 441 g/mol. The molecule has 0 spiro atoms. The molecule has 5 heteroatoms. The molecule has 166 valence electrons. The molecule has 4 nitrogen and oxygen atoms in total. The summed E-state index contributed by atoms with van der Waals surface area (Å²) < 4.78 is 19.8. The second kappa shape index (κ2) is 7.69. The minimum absolute atomic E-state index is 0.0277. The standard InChI is InChI=1S/C28H24FNO3/c1-28(2,3)19-11-9-18(10-12-19)24-23-25(31)21-15-20(29)13-14-22(21)33-26(23)27(32)30(24)16-17-7-5-4-6-8-17/h4-15,24H,16H2,1-3H3. The number of amides is 1.